The van der Waals surface area contributed by atoms with Gasteiger partial charge in [-0.05, 0) is 25.2 Å². The Morgan fingerprint density at radius 2 is 2.04 bits per heavy atom. The number of carbonyl (C=O) groups is 2. The van der Waals surface area contributed by atoms with Crippen LogP contribution in [-0.4, -0.2) is 48.7 Å². The zero-order valence-electron chi connectivity index (χ0n) is 14.6. The number of carbonyl (C=O) groups excluding carboxylic acids is 1. The highest BCUT2D eigenvalue weighted by Crippen LogP contribution is 2.36. The number of hydrogen-bond donors (Lipinski definition) is 1. The molecule has 1 N–H and O–H groups in total. The molecule has 0 aromatic carbocycles. The van der Waals surface area contributed by atoms with Crippen molar-refractivity contribution in [1.29, 1.82) is 0 Å². The molecule has 132 valence electrons. The van der Waals surface area contributed by atoms with E-state index in [1.165, 1.54) is 32.8 Å². The Balaban J connectivity index is 2.00. The number of carboxylic acids is 1. The summed E-state index contributed by atoms with van der Waals surface area (Å²) in [4.78, 5) is 26.3. The fourth-order valence-electron chi connectivity index (χ4n) is 4.29. The molecule has 5 heteroatoms. The molecule has 0 aromatic heterocycles. The number of aliphatic carboxylic acids is 1. The predicted molar refractivity (Wildman–Crippen MR) is 88.1 cm³/mol. The maximum absolute atomic E-state index is 12.9. The minimum Gasteiger partial charge on any atom is -0.481 e. The molecular formula is C18H31NO4. The zero-order chi connectivity index (χ0) is 16.9. The lowest BCUT2D eigenvalue weighted by atomic mass is 9.87. The number of amides is 1. The fourth-order valence-corrected chi connectivity index (χ4v) is 4.29. The van der Waals surface area contributed by atoms with Crippen molar-refractivity contribution in [2.24, 2.45) is 17.3 Å². The van der Waals surface area contributed by atoms with Crippen molar-refractivity contribution in [3.8, 4) is 0 Å². The number of methoxy groups -OCH3 is 1. The highest BCUT2D eigenvalue weighted by Gasteiger charge is 2.47. The normalized spacial score (nSPS) is 26.6. The number of hydrogen-bond acceptors (Lipinski definition) is 3. The number of ether oxygens (including phenoxy) is 1. The van der Waals surface area contributed by atoms with Crippen LogP contribution in [0.5, 0.6) is 0 Å². The van der Waals surface area contributed by atoms with Gasteiger partial charge < -0.3 is 14.7 Å². The molecule has 0 aromatic rings. The van der Waals surface area contributed by atoms with Crippen molar-refractivity contribution >= 4 is 11.9 Å². The Kier molecular flexibility index (Phi) is 6.45. The van der Waals surface area contributed by atoms with Gasteiger partial charge in [-0.2, -0.15) is 0 Å². The molecule has 1 amide bonds. The lowest BCUT2D eigenvalue weighted by Gasteiger charge is -2.27. The molecule has 2 atom stereocenters. The van der Waals surface area contributed by atoms with Crippen molar-refractivity contribution in [2.75, 3.05) is 26.8 Å². The van der Waals surface area contributed by atoms with Crippen LogP contribution in [0.15, 0.2) is 0 Å². The molecule has 2 aliphatic rings. The summed E-state index contributed by atoms with van der Waals surface area (Å²) in [6.45, 7) is 3.12. The van der Waals surface area contributed by atoms with Crippen LogP contribution in [0, 0.1) is 17.3 Å². The van der Waals surface area contributed by atoms with Gasteiger partial charge in [-0.3, -0.25) is 9.59 Å². The van der Waals surface area contributed by atoms with Crippen molar-refractivity contribution < 1.29 is 19.4 Å². The molecule has 0 bridgehead atoms. The predicted octanol–water partition coefficient (Wildman–Crippen LogP) is 2.93. The van der Waals surface area contributed by atoms with E-state index in [4.69, 9.17) is 4.74 Å². The molecule has 1 saturated heterocycles. The topological polar surface area (TPSA) is 66.8 Å². The summed E-state index contributed by atoms with van der Waals surface area (Å²) in [6.07, 6.45) is 8.45. The molecule has 1 aliphatic carbocycles. The van der Waals surface area contributed by atoms with Crippen LogP contribution in [0.25, 0.3) is 0 Å². The third kappa shape index (κ3) is 4.25. The van der Waals surface area contributed by atoms with Gasteiger partial charge in [-0.1, -0.05) is 39.0 Å². The molecule has 1 heterocycles. The van der Waals surface area contributed by atoms with Gasteiger partial charge in [0.25, 0.3) is 0 Å². The summed E-state index contributed by atoms with van der Waals surface area (Å²) in [5.74, 6) is 0.0620. The molecular weight excluding hydrogens is 294 g/mol. The Bertz CT molecular complexity index is 419. The highest BCUT2D eigenvalue weighted by molar-refractivity contribution is 5.82. The Morgan fingerprint density at radius 3 is 2.61 bits per heavy atom. The van der Waals surface area contributed by atoms with Gasteiger partial charge >= 0.3 is 5.97 Å². The van der Waals surface area contributed by atoms with E-state index in [2.05, 4.69) is 6.92 Å². The fraction of sp³-hybridized carbons (Fsp3) is 0.889. The summed E-state index contributed by atoms with van der Waals surface area (Å²) in [5, 5.41) is 9.55. The van der Waals surface area contributed by atoms with Gasteiger partial charge in [0, 0.05) is 26.1 Å². The maximum Gasteiger partial charge on any atom is 0.313 e. The average molecular weight is 325 g/mol. The number of likely N-dealkylation sites (tertiary alicyclic amines) is 1. The Labute approximate surface area is 139 Å². The molecule has 23 heavy (non-hydrogen) atoms. The quantitative estimate of drug-likeness (QED) is 0.745. The lowest BCUT2D eigenvalue weighted by Crippen LogP contribution is -2.42. The first-order chi connectivity index (χ1) is 11.0. The van der Waals surface area contributed by atoms with E-state index in [0.29, 0.717) is 25.4 Å². The van der Waals surface area contributed by atoms with Gasteiger partial charge in [0.2, 0.25) is 5.91 Å². The second kappa shape index (κ2) is 8.13. The monoisotopic (exact) mass is 325 g/mol. The zero-order valence-corrected chi connectivity index (χ0v) is 14.6. The van der Waals surface area contributed by atoms with Crippen LogP contribution in [0.4, 0.5) is 0 Å². The first-order valence-corrected chi connectivity index (χ1v) is 9.03. The van der Waals surface area contributed by atoms with Gasteiger partial charge in [-0.25, -0.2) is 0 Å². The average Bonchev–Trinajstić information content (AvgIpc) is 3.17. The van der Waals surface area contributed by atoms with Crippen molar-refractivity contribution in [3.63, 3.8) is 0 Å². The van der Waals surface area contributed by atoms with Gasteiger partial charge in [-0.15, -0.1) is 0 Å². The minimum absolute atomic E-state index is 0.0650. The number of carboxylic acid groups (broad SMARTS) is 1. The van der Waals surface area contributed by atoms with E-state index in [9.17, 15) is 14.7 Å². The second-order valence-corrected chi connectivity index (χ2v) is 7.40. The summed E-state index contributed by atoms with van der Waals surface area (Å²) in [7, 11) is 1.52. The number of nitrogens with zero attached hydrogens (tertiary/aromatic N) is 1. The molecule has 5 nitrogen and oxygen atoms in total. The van der Waals surface area contributed by atoms with Crippen molar-refractivity contribution in [3.05, 3.63) is 0 Å². The minimum atomic E-state index is -0.922. The summed E-state index contributed by atoms with van der Waals surface area (Å²) >= 11 is 0. The second-order valence-electron chi connectivity index (χ2n) is 7.40. The van der Waals surface area contributed by atoms with Crippen LogP contribution in [0.2, 0.25) is 0 Å². The summed E-state index contributed by atoms with van der Waals surface area (Å²) < 4.78 is 5.12. The first kappa shape index (κ1) is 18.2. The van der Waals surface area contributed by atoms with Gasteiger partial charge in [0.05, 0.1) is 6.61 Å². The lowest BCUT2D eigenvalue weighted by molar-refractivity contribution is -0.152. The van der Waals surface area contributed by atoms with E-state index in [1.807, 2.05) is 0 Å². The summed E-state index contributed by atoms with van der Waals surface area (Å²) in [5.41, 5.74) is -0.922. The first-order valence-electron chi connectivity index (χ1n) is 9.03. The largest absolute Gasteiger partial charge is 0.481 e. The summed E-state index contributed by atoms with van der Waals surface area (Å²) in [6, 6.07) is 0. The number of rotatable bonds is 8. The van der Waals surface area contributed by atoms with E-state index < -0.39 is 11.4 Å². The van der Waals surface area contributed by atoms with Crippen LogP contribution in [0.1, 0.15) is 58.3 Å². The van der Waals surface area contributed by atoms with Gasteiger partial charge in [0.15, 0.2) is 0 Å². The molecule has 2 fully saturated rings. The van der Waals surface area contributed by atoms with Gasteiger partial charge in [0.1, 0.15) is 5.41 Å². The molecule has 0 radical (unpaired) electrons. The molecule has 1 aliphatic heterocycles. The third-order valence-electron chi connectivity index (χ3n) is 5.62. The van der Waals surface area contributed by atoms with Crippen LogP contribution in [-0.2, 0) is 14.3 Å². The van der Waals surface area contributed by atoms with E-state index in [1.54, 1.807) is 4.90 Å². The van der Waals surface area contributed by atoms with Crippen molar-refractivity contribution in [2.45, 2.75) is 58.3 Å². The van der Waals surface area contributed by atoms with E-state index in [0.717, 1.165) is 19.3 Å². The molecule has 2 unspecified atom stereocenters. The molecule has 1 saturated carbocycles. The Hall–Kier alpha value is -1.10. The van der Waals surface area contributed by atoms with E-state index >= 15 is 0 Å². The van der Waals surface area contributed by atoms with E-state index in [-0.39, 0.29) is 18.4 Å². The van der Waals surface area contributed by atoms with Crippen molar-refractivity contribution in [1.82, 2.24) is 4.90 Å². The van der Waals surface area contributed by atoms with Crippen LogP contribution < -0.4 is 0 Å². The Morgan fingerprint density at radius 1 is 1.35 bits per heavy atom. The van der Waals surface area contributed by atoms with Crippen LogP contribution >= 0.6 is 0 Å². The highest BCUT2D eigenvalue weighted by atomic mass is 16.5. The standard InChI is InChI=1S/C18H31NO4/c1-3-6-15(11-14-7-4-5-8-14)16(20)19-10-9-18(12-19,13-23-2)17(21)22/h14-15H,3-13H2,1-2H3,(H,21,22). The maximum atomic E-state index is 12.9. The smallest absolute Gasteiger partial charge is 0.313 e. The molecule has 0 spiro atoms. The molecule has 2 rings (SSSR count). The van der Waals surface area contributed by atoms with Crippen LogP contribution in [0.3, 0.4) is 0 Å². The third-order valence-corrected chi connectivity index (χ3v) is 5.62. The SMILES string of the molecule is CCCC(CC1CCCC1)C(=O)N1CCC(COC)(C(=O)O)C1.